The van der Waals surface area contributed by atoms with Crippen LogP contribution < -0.4 is 5.73 Å². The lowest BCUT2D eigenvalue weighted by molar-refractivity contribution is 0.115. The molecule has 1 nitrogen and oxygen atoms in total. The van der Waals surface area contributed by atoms with Crippen molar-refractivity contribution in [1.29, 1.82) is 0 Å². The fraction of sp³-hybridized carbons (Fsp3) is 0.250. The SMILES string of the molecule is Cl.N[C@@H](c1cc(I)ccc1F)C(F)F. The van der Waals surface area contributed by atoms with Crippen molar-refractivity contribution in [2.24, 2.45) is 5.73 Å². The van der Waals surface area contributed by atoms with E-state index in [0.717, 1.165) is 6.07 Å². The molecule has 0 aliphatic rings. The van der Waals surface area contributed by atoms with Gasteiger partial charge >= 0.3 is 0 Å². The zero-order valence-corrected chi connectivity index (χ0v) is 9.86. The van der Waals surface area contributed by atoms with Gasteiger partial charge in [-0.2, -0.15) is 0 Å². The summed E-state index contributed by atoms with van der Waals surface area (Å²) in [6.07, 6.45) is -2.74. The molecule has 14 heavy (non-hydrogen) atoms. The largest absolute Gasteiger partial charge is 0.319 e. The van der Waals surface area contributed by atoms with Crippen molar-refractivity contribution in [3.8, 4) is 0 Å². The maximum Gasteiger partial charge on any atom is 0.257 e. The highest BCUT2D eigenvalue weighted by Gasteiger charge is 2.20. The number of halogens is 5. The van der Waals surface area contributed by atoms with E-state index in [9.17, 15) is 13.2 Å². The Labute approximate surface area is 99.4 Å². The molecule has 2 N–H and O–H groups in total. The molecule has 0 aliphatic carbocycles. The van der Waals surface area contributed by atoms with Gasteiger partial charge in [0.1, 0.15) is 5.82 Å². The molecule has 0 radical (unpaired) electrons. The second kappa shape index (κ2) is 5.77. The smallest absolute Gasteiger partial charge is 0.257 e. The van der Waals surface area contributed by atoms with Crippen LogP contribution in [0, 0.1) is 9.39 Å². The molecule has 0 unspecified atom stereocenters. The summed E-state index contributed by atoms with van der Waals surface area (Å²) in [6, 6.07) is 2.42. The number of nitrogens with two attached hydrogens (primary N) is 1. The van der Waals surface area contributed by atoms with Crippen molar-refractivity contribution in [2.75, 3.05) is 0 Å². The second-order valence-corrected chi connectivity index (χ2v) is 3.77. The van der Waals surface area contributed by atoms with Gasteiger partial charge < -0.3 is 5.73 Å². The highest BCUT2D eigenvalue weighted by Crippen LogP contribution is 2.22. The van der Waals surface area contributed by atoms with E-state index in [2.05, 4.69) is 0 Å². The van der Waals surface area contributed by atoms with Gasteiger partial charge in [0.15, 0.2) is 0 Å². The van der Waals surface area contributed by atoms with Crippen molar-refractivity contribution in [1.82, 2.24) is 0 Å². The van der Waals surface area contributed by atoms with Gasteiger partial charge in [-0.3, -0.25) is 0 Å². The van der Waals surface area contributed by atoms with E-state index >= 15 is 0 Å². The van der Waals surface area contributed by atoms with E-state index in [1.807, 2.05) is 22.6 Å². The third-order valence-electron chi connectivity index (χ3n) is 1.59. The van der Waals surface area contributed by atoms with Gasteiger partial charge in [0.25, 0.3) is 6.43 Å². The fourth-order valence-corrected chi connectivity index (χ4v) is 1.42. The normalized spacial score (nSPS) is 12.4. The quantitative estimate of drug-likeness (QED) is 0.825. The van der Waals surface area contributed by atoms with Crippen LogP contribution in [-0.4, -0.2) is 6.43 Å². The van der Waals surface area contributed by atoms with Gasteiger partial charge in [0.2, 0.25) is 0 Å². The summed E-state index contributed by atoms with van der Waals surface area (Å²) < 4.78 is 37.9. The van der Waals surface area contributed by atoms with Gasteiger partial charge in [-0.25, -0.2) is 13.2 Å². The first kappa shape index (κ1) is 14.0. The fourth-order valence-electron chi connectivity index (χ4n) is 0.906. The van der Waals surface area contributed by atoms with E-state index in [1.165, 1.54) is 12.1 Å². The summed E-state index contributed by atoms with van der Waals surface area (Å²) in [5.41, 5.74) is 4.98. The minimum Gasteiger partial charge on any atom is -0.319 e. The summed E-state index contributed by atoms with van der Waals surface area (Å²) in [7, 11) is 0. The first-order valence-electron chi connectivity index (χ1n) is 3.51. The molecule has 1 aromatic carbocycles. The van der Waals surface area contributed by atoms with Crippen molar-refractivity contribution in [2.45, 2.75) is 12.5 Å². The molecule has 0 bridgehead atoms. The topological polar surface area (TPSA) is 26.0 Å². The maximum atomic E-state index is 13.0. The molecule has 0 amide bonds. The van der Waals surface area contributed by atoms with Gasteiger partial charge in [0.05, 0.1) is 6.04 Å². The van der Waals surface area contributed by atoms with Crippen LogP contribution in [0.4, 0.5) is 13.2 Å². The van der Waals surface area contributed by atoms with E-state index in [0.29, 0.717) is 3.57 Å². The Hall–Kier alpha value is -0.0100. The summed E-state index contributed by atoms with van der Waals surface area (Å²) in [6.45, 7) is 0. The molecular weight excluding hydrogens is 329 g/mol. The molecule has 0 spiro atoms. The zero-order chi connectivity index (χ0) is 10.0. The Morgan fingerprint density at radius 1 is 1.29 bits per heavy atom. The zero-order valence-electron chi connectivity index (χ0n) is 6.88. The average Bonchev–Trinajstić information content (AvgIpc) is 2.08. The minimum absolute atomic E-state index is 0. The van der Waals surface area contributed by atoms with Crippen molar-refractivity contribution in [3.05, 3.63) is 33.1 Å². The van der Waals surface area contributed by atoms with E-state index in [-0.39, 0.29) is 18.0 Å². The third kappa shape index (κ3) is 3.29. The molecule has 80 valence electrons. The molecule has 6 heteroatoms. The van der Waals surface area contributed by atoms with Gasteiger partial charge in [-0.15, -0.1) is 12.4 Å². The molecule has 0 saturated carbocycles. The molecule has 0 heterocycles. The minimum atomic E-state index is -2.74. The predicted octanol–water partition coefficient (Wildman–Crippen LogP) is 3.12. The van der Waals surface area contributed by atoms with Crippen LogP contribution in [-0.2, 0) is 0 Å². The molecule has 0 aromatic heterocycles. The summed E-state index contributed by atoms with van der Waals surface area (Å²) >= 11 is 1.91. The number of benzene rings is 1. The molecule has 0 aliphatic heterocycles. The third-order valence-corrected chi connectivity index (χ3v) is 2.26. The molecule has 1 rings (SSSR count). The number of hydrogen-bond acceptors (Lipinski definition) is 1. The van der Waals surface area contributed by atoms with E-state index < -0.39 is 18.3 Å². The predicted molar refractivity (Wildman–Crippen MR) is 59.3 cm³/mol. The Kier molecular flexibility index (Phi) is 5.77. The molecular formula is C8H8ClF3IN. The Morgan fingerprint density at radius 3 is 2.36 bits per heavy atom. The number of hydrogen-bond donors (Lipinski definition) is 1. The average molecular weight is 338 g/mol. The molecule has 0 fully saturated rings. The van der Waals surface area contributed by atoms with Gasteiger partial charge in [-0.05, 0) is 40.8 Å². The summed E-state index contributed by atoms with van der Waals surface area (Å²) in [4.78, 5) is 0. The van der Waals surface area contributed by atoms with Crippen LogP contribution in [0.25, 0.3) is 0 Å². The lowest BCUT2D eigenvalue weighted by Gasteiger charge is -2.11. The van der Waals surface area contributed by atoms with Crippen molar-refractivity contribution >= 4 is 35.0 Å². The first-order chi connectivity index (χ1) is 6.02. The highest BCUT2D eigenvalue weighted by molar-refractivity contribution is 14.1. The van der Waals surface area contributed by atoms with Crippen LogP contribution in [0.3, 0.4) is 0 Å². The second-order valence-electron chi connectivity index (χ2n) is 2.53. The van der Waals surface area contributed by atoms with E-state index in [4.69, 9.17) is 5.73 Å². The molecule has 1 atom stereocenters. The van der Waals surface area contributed by atoms with Crippen LogP contribution in [0.2, 0.25) is 0 Å². The Morgan fingerprint density at radius 2 is 1.86 bits per heavy atom. The standard InChI is InChI=1S/C8H7F3IN.ClH/c9-6-2-1-4(12)3-5(6)7(13)8(10)11;/h1-3,7-8H,13H2;1H/t7-;/m0./s1. The van der Waals surface area contributed by atoms with Gasteiger partial charge in [-0.1, -0.05) is 0 Å². The van der Waals surface area contributed by atoms with Crippen LogP contribution in [0.15, 0.2) is 18.2 Å². The number of alkyl halides is 2. The number of rotatable bonds is 2. The summed E-state index contributed by atoms with van der Waals surface area (Å²) in [5, 5.41) is 0. The summed E-state index contributed by atoms with van der Waals surface area (Å²) in [5.74, 6) is -0.687. The maximum absolute atomic E-state index is 13.0. The highest BCUT2D eigenvalue weighted by atomic mass is 127. The van der Waals surface area contributed by atoms with Crippen molar-refractivity contribution < 1.29 is 13.2 Å². The van der Waals surface area contributed by atoms with Gasteiger partial charge in [0, 0.05) is 9.13 Å². The lowest BCUT2D eigenvalue weighted by Crippen LogP contribution is -2.20. The van der Waals surface area contributed by atoms with Crippen LogP contribution in [0.5, 0.6) is 0 Å². The molecule has 0 saturated heterocycles. The Bertz CT molecular complexity index is 309. The first-order valence-corrected chi connectivity index (χ1v) is 4.59. The van der Waals surface area contributed by atoms with Crippen molar-refractivity contribution in [3.63, 3.8) is 0 Å². The monoisotopic (exact) mass is 337 g/mol. The van der Waals surface area contributed by atoms with Crippen LogP contribution >= 0.6 is 35.0 Å². The van der Waals surface area contributed by atoms with Crippen LogP contribution in [0.1, 0.15) is 11.6 Å². The Balaban J connectivity index is 0.00000169. The molecule has 1 aromatic rings. The lowest BCUT2D eigenvalue weighted by atomic mass is 10.1. The van der Waals surface area contributed by atoms with E-state index in [1.54, 1.807) is 0 Å².